The molecule has 0 aliphatic heterocycles. The van der Waals surface area contributed by atoms with Crippen molar-refractivity contribution in [3.8, 4) is 0 Å². The van der Waals surface area contributed by atoms with Crippen LogP contribution in [0.3, 0.4) is 0 Å². The number of carboxylic acids is 1. The van der Waals surface area contributed by atoms with Crippen LogP contribution in [0.5, 0.6) is 0 Å². The number of hydrogen-bond acceptors (Lipinski definition) is 3. The summed E-state index contributed by atoms with van der Waals surface area (Å²) < 4.78 is 0. The summed E-state index contributed by atoms with van der Waals surface area (Å²) in [6.45, 7) is 7.17. The summed E-state index contributed by atoms with van der Waals surface area (Å²) in [6, 6.07) is -0.565. The Balaban J connectivity index is 4.12. The van der Waals surface area contributed by atoms with Gasteiger partial charge in [0.2, 0.25) is 5.91 Å². The molecule has 1 amide bonds. The van der Waals surface area contributed by atoms with E-state index in [4.69, 9.17) is 10.8 Å². The van der Waals surface area contributed by atoms with E-state index in [2.05, 4.69) is 5.32 Å². The number of nitrogens with two attached hydrogens (primary N) is 1. The van der Waals surface area contributed by atoms with Crippen molar-refractivity contribution in [2.75, 3.05) is 6.54 Å². The van der Waals surface area contributed by atoms with Gasteiger partial charge in [-0.2, -0.15) is 0 Å². The van der Waals surface area contributed by atoms with Crippen molar-refractivity contribution in [1.82, 2.24) is 5.32 Å². The largest absolute Gasteiger partial charge is 0.481 e. The van der Waals surface area contributed by atoms with Gasteiger partial charge in [-0.15, -0.1) is 0 Å². The van der Waals surface area contributed by atoms with Gasteiger partial charge in [0, 0.05) is 6.54 Å². The molecule has 0 aromatic carbocycles. The molecule has 94 valence electrons. The predicted molar refractivity (Wildman–Crippen MR) is 61.9 cm³/mol. The van der Waals surface area contributed by atoms with Crippen molar-refractivity contribution in [3.05, 3.63) is 0 Å². The lowest BCUT2D eigenvalue weighted by Crippen LogP contribution is -2.46. The highest BCUT2D eigenvalue weighted by Crippen LogP contribution is 2.13. The van der Waals surface area contributed by atoms with Gasteiger partial charge in [0.05, 0.1) is 11.5 Å². The Labute approximate surface area is 96.4 Å². The van der Waals surface area contributed by atoms with E-state index in [1.54, 1.807) is 13.8 Å². The van der Waals surface area contributed by atoms with Crippen LogP contribution < -0.4 is 11.1 Å². The molecule has 0 radical (unpaired) electrons. The number of carbonyl (C=O) groups is 2. The van der Waals surface area contributed by atoms with Gasteiger partial charge in [-0.3, -0.25) is 9.59 Å². The van der Waals surface area contributed by atoms with Gasteiger partial charge in [0.25, 0.3) is 0 Å². The summed E-state index contributed by atoms with van der Waals surface area (Å²) >= 11 is 0. The standard InChI is InChI=1S/C11H22N2O3/c1-7(2)5-8(12)9(14)13-6-11(3,4)10(15)16/h7-8H,5-6,12H2,1-4H3,(H,13,14)(H,15,16). The van der Waals surface area contributed by atoms with Gasteiger partial charge in [-0.05, 0) is 26.2 Å². The second-order valence-electron chi connectivity index (χ2n) is 5.14. The van der Waals surface area contributed by atoms with Crippen LogP contribution in [0.2, 0.25) is 0 Å². The topological polar surface area (TPSA) is 92.4 Å². The van der Waals surface area contributed by atoms with E-state index in [1.807, 2.05) is 13.8 Å². The molecule has 0 aromatic heterocycles. The monoisotopic (exact) mass is 230 g/mol. The molecular formula is C11H22N2O3. The third kappa shape index (κ3) is 5.11. The van der Waals surface area contributed by atoms with E-state index in [0.717, 1.165) is 0 Å². The Kier molecular flexibility index (Phi) is 5.44. The first-order valence-corrected chi connectivity index (χ1v) is 5.43. The van der Waals surface area contributed by atoms with Crippen molar-refractivity contribution in [2.24, 2.45) is 17.1 Å². The smallest absolute Gasteiger partial charge is 0.310 e. The summed E-state index contributed by atoms with van der Waals surface area (Å²) in [5.41, 5.74) is 4.70. The molecule has 0 fully saturated rings. The molecule has 0 aliphatic rings. The molecule has 0 spiro atoms. The van der Waals surface area contributed by atoms with Crippen LogP contribution in [0.4, 0.5) is 0 Å². The molecular weight excluding hydrogens is 208 g/mol. The number of aliphatic carboxylic acids is 1. The lowest BCUT2D eigenvalue weighted by Gasteiger charge is -2.21. The normalized spacial score (nSPS) is 13.6. The third-order valence-corrected chi connectivity index (χ3v) is 2.35. The van der Waals surface area contributed by atoms with Gasteiger partial charge in [0.1, 0.15) is 0 Å². The molecule has 0 aliphatic carbocycles. The maximum Gasteiger partial charge on any atom is 0.310 e. The van der Waals surface area contributed by atoms with Crippen molar-refractivity contribution >= 4 is 11.9 Å². The number of carbonyl (C=O) groups excluding carboxylic acids is 1. The molecule has 0 heterocycles. The minimum atomic E-state index is -0.965. The fourth-order valence-electron chi connectivity index (χ4n) is 1.13. The van der Waals surface area contributed by atoms with Gasteiger partial charge in [-0.25, -0.2) is 0 Å². The molecule has 0 aromatic rings. The van der Waals surface area contributed by atoms with Gasteiger partial charge in [0.15, 0.2) is 0 Å². The summed E-state index contributed by atoms with van der Waals surface area (Å²) in [6.07, 6.45) is 0.597. The highest BCUT2D eigenvalue weighted by atomic mass is 16.4. The summed E-state index contributed by atoms with van der Waals surface area (Å²) in [4.78, 5) is 22.3. The Morgan fingerprint density at radius 2 is 1.88 bits per heavy atom. The molecule has 0 saturated heterocycles. The molecule has 16 heavy (non-hydrogen) atoms. The maximum absolute atomic E-state index is 11.5. The van der Waals surface area contributed by atoms with Crippen LogP contribution in [0.1, 0.15) is 34.1 Å². The summed E-state index contributed by atoms with van der Waals surface area (Å²) in [5.74, 6) is -0.888. The maximum atomic E-state index is 11.5. The van der Waals surface area contributed by atoms with E-state index in [1.165, 1.54) is 0 Å². The first-order valence-electron chi connectivity index (χ1n) is 5.43. The van der Waals surface area contributed by atoms with E-state index < -0.39 is 17.4 Å². The quantitative estimate of drug-likeness (QED) is 0.622. The molecule has 0 saturated carbocycles. The average molecular weight is 230 g/mol. The van der Waals surface area contributed by atoms with Gasteiger partial charge < -0.3 is 16.2 Å². The zero-order valence-corrected chi connectivity index (χ0v) is 10.4. The zero-order valence-electron chi connectivity index (χ0n) is 10.4. The number of amides is 1. The van der Waals surface area contributed by atoms with Gasteiger partial charge in [-0.1, -0.05) is 13.8 Å². The van der Waals surface area contributed by atoms with Crippen LogP contribution >= 0.6 is 0 Å². The third-order valence-electron chi connectivity index (χ3n) is 2.35. The van der Waals surface area contributed by atoms with E-state index >= 15 is 0 Å². The molecule has 4 N–H and O–H groups in total. The Morgan fingerprint density at radius 3 is 2.25 bits per heavy atom. The van der Waals surface area contributed by atoms with Crippen LogP contribution in [0, 0.1) is 11.3 Å². The first kappa shape index (κ1) is 14.9. The van der Waals surface area contributed by atoms with Crippen molar-refractivity contribution in [2.45, 2.75) is 40.2 Å². The Morgan fingerprint density at radius 1 is 1.38 bits per heavy atom. The summed E-state index contributed by atoms with van der Waals surface area (Å²) in [5, 5.41) is 11.4. The molecule has 0 rings (SSSR count). The SMILES string of the molecule is CC(C)CC(N)C(=O)NCC(C)(C)C(=O)O. The van der Waals surface area contributed by atoms with Crippen molar-refractivity contribution < 1.29 is 14.7 Å². The van der Waals surface area contributed by atoms with Crippen LogP contribution in [-0.2, 0) is 9.59 Å². The molecule has 5 heteroatoms. The second kappa shape index (κ2) is 5.84. The molecule has 1 unspecified atom stereocenters. The number of nitrogens with one attached hydrogen (secondary N) is 1. The molecule has 0 bridgehead atoms. The number of hydrogen-bond donors (Lipinski definition) is 3. The fourth-order valence-corrected chi connectivity index (χ4v) is 1.13. The molecule has 5 nitrogen and oxygen atoms in total. The highest BCUT2D eigenvalue weighted by molar-refractivity contribution is 5.82. The minimum absolute atomic E-state index is 0.0902. The van der Waals surface area contributed by atoms with Crippen LogP contribution in [0.15, 0.2) is 0 Å². The van der Waals surface area contributed by atoms with Crippen LogP contribution in [-0.4, -0.2) is 29.6 Å². The molecule has 1 atom stereocenters. The first-order chi connectivity index (χ1) is 7.16. The van der Waals surface area contributed by atoms with Crippen LogP contribution in [0.25, 0.3) is 0 Å². The van der Waals surface area contributed by atoms with E-state index in [0.29, 0.717) is 12.3 Å². The lowest BCUT2D eigenvalue weighted by atomic mass is 9.93. The van der Waals surface area contributed by atoms with Crippen molar-refractivity contribution in [1.29, 1.82) is 0 Å². The zero-order chi connectivity index (χ0) is 12.9. The number of carboxylic acid groups (broad SMARTS) is 1. The minimum Gasteiger partial charge on any atom is -0.481 e. The lowest BCUT2D eigenvalue weighted by molar-refractivity contribution is -0.146. The Bertz CT molecular complexity index is 262. The summed E-state index contributed by atoms with van der Waals surface area (Å²) in [7, 11) is 0. The Hall–Kier alpha value is -1.10. The number of rotatable bonds is 6. The second-order valence-corrected chi connectivity index (χ2v) is 5.14. The average Bonchev–Trinajstić information content (AvgIpc) is 2.12. The van der Waals surface area contributed by atoms with Crippen molar-refractivity contribution in [3.63, 3.8) is 0 Å². The highest BCUT2D eigenvalue weighted by Gasteiger charge is 2.28. The predicted octanol–water partition coefficient (Wildman–Crippen LogP) is 0.587. The fraction of sp³-hybridized carbons (Fsp3) is 0.818. The van der Waals surface area contributed by atoms with E-state index in [9.17, 15) is 9.59 Å². The van der Waals surface area contributed by atoms with E-state index in [-0.39, 0.29) is 12.5 Å². The van der Waals surface area contributed by atoms with Gasteiger partial charge >= 0.3 is 5.97 Å².